The van der Waals surface area contributed by atoms with E-state index in [2.05, 4.69) is 41.1 Å². The number of carbonyl (C=O) groups excluding carboxylic acids is 1. The lowest BCUT2D eigenvalue weighted by atomic mass is 9.92. The normalized spacial score (nSPS) is 19.3. The number of hydrogen-bond donors (Lipinski definition) is 2. The van der Waals surface area contributed by atoms with E-state index in [4.69, 9.17) is 0 Å². The number of benzene rings is 1. The van der Waals surface area contributed by atoms with Crippen LogP contribution in [0.3, 0.4) is 0 Å². The molecule has 1 aromatic carbocycles. The number of aliphatic hydroxyl groups is 1. The fourth-order valence-electron chi connectivity index (χ4n) is 4.40. The van der Waals surface area contributed by atoms with Gasteiger partial charge in [0.05, 0.1) is 23.9 Å². The van der Waals surface area contributed by atoms with Crippen LogP contribution in [0.2, 0.25) is 0 Å². The van der Waals surface area contributed by atoms with Crippen molar-refractivity contribution in [2.75, 3.05) is 0 Å². The van der Waals surface area contributed by atoms with E-state index in [0.717, 1.165) is 58.9 Å². The van der Waals surface area contributed by atoms with E-state index in [-0.39, 0.29) is 11.9 Å². The number of aromatic nitrogens is 3. The minimum Gasteiger partial charge on any atom is -0.391 e. The lowest BCUT2D eigenvalue weighted by Gasteiger charge is -2.28. The Balaban J connectivity index is 1.61. The van der Waals surface area contributed by atoms with Crippen LogP contribution in [0.5, 0.6) is 0 Å². The number of rotatable bonds is 7. The zero-order valence-electron chi connectivity index (χ0n) is 19.9. The highest BCUT2D eigenvalue weighted by molar-refractivity contribution is 5.96. The monoisotopic (exact) mass is 456 g/mol. The van der Waals surface area contributed by atoms with Gasteiger partial charge in [0.25, 0.3) is 5.91 Å². The highest BCUT2D eigenvalue weighted by Crippen LogP contribution is 2.23. The Hall–Kier alpha value is -3.51. The van der Waals surface area contributed by atoms with E-state index in [0.29, 0.717) is 12.1 Å². The summed E-state index contributed by atoms with van der Waals surface area (Å²) < 4.78 is 1.78. The summed E-state index contributed by atoms with van der Waals surface area (Å²) in [6.45, 7) is 6.05. The first kappa shape index (κ1) is 23.6. The first-order chi connectivity index (χ1) is 16.4. The summed E-state index contributed by atoms with van der Waals surface area (Å²) in [4.78, 5) is 17.7. The summed E-state index contributed by atoms with van der Waals surface area (Å²) in [6, 6.07) is 9.51. The fourth-order valence-corrected chi connectivity index (χ4v) is 4.40. The highest BCUT2D eigenvalue weighted by atomic mass is 16.3. The molecule has 1 fully saturated rings. The lowest BCUT2D eigenvalue weighted by molar-refractivity contribution is 0.0714. The smallest absolute Gasteiger partial charge is 0.270 e. The van der Waals surface area contributed by atoms with E-state index in [1.807, 2.05) is 55.8 Å². The minimum atomic E-state index is -0.497. The third kappa shape index (κ3) is 5.51. The molecule has 1 saturated carbocycles. The van der Waals surface area contributed by atoms with Gasteiger partial charge in [-0.25, -0.2) is 4.98 Å². The van der Waals surface area contributed by atoms with Crippen molar-refractivity contribution in [3.8, 4) is 0 Å². The van der Waals surface area contributed by atoms with E-state index < -0.39 is 6.10 Å². The lowest BCUT2D eigenvalue weighted by Crippen LogP contribution is -2.45. The molecule has 0 aliphatic heterocycles. The summed E-state index contributed by atoms with van der Waals surface area (Å²) in [6.07, 6.45) is 13.4. The molecule has 6 heteroatoms. The van der Waals surface area contributed by atoms with Crippen LogP contribution >= 0.6 is 0 Å². The summed E-state index contributed by atoms with van der Waals surface area (Å²) in [5.41, 5.74) is 5.38. The Morgan fingerprint density at radius 1 is 1.26 bits per heavy atom. The molecule has 0 radical (unpaired) electrons. The van der Waals surface area contributed by atoms with Crippen molar-refractivity contribution in [2.45, 2.75) is 51.2 Å². The van der Waals surface area contributed by atoms with Gasteiger partial charge in [0.1, 0.15) is 5.69 Å². The fraction of sp³-hybridized carbons (Fsp3) is 0.321. The van der Waals surface area contributed by atoms with Crippen molar-refractivity contribution in [3.63, 3.8) is 0 Å². The van der Waals surface area contributed by atoms with Gasteiger partial charge in [-0.1, -0.05) is 55.8 Å². The molecule has 0 unspecified atom stereocenters. The van der Waals surface area contributed by atoms with E-state index in [9.17, 15) is 9.90 Å². The van der Waals surface area contributed by atoms with Gasteiger partial charge in [-0.15, -0.1) is 0 Å². The molecule has 1 amide bonds. The van der Waals surface area contributed by atoms with Gasteiger partial charge >= 0.3 is 0 Å². The quantitative estimate of drug-likeness (QED) is 0.503. The van der Waals surface area contributed by atoms with Crippen molar-refractivity contribution in [3.05, 3.63) is 89.9 Å². The predicted octanol–water partition coefficient (Wildman–Crippen LogP) is 4.76. The zero-order valence-corrected chi connectivity index (χ0v) is 19.9. The topological polar surface area (TPSA) is 80.0 Å². The molecule has 1 aliphatic carbocycles. The maximum absolute atomic E-state index is 13.0. The highest BCUT2D eigenvalue weighted by Gasteiger charge is 2.25. The van der Waals surface area contributed by atoms with Crippen LogP contribution in [0.4, 0.5) is 0 Å². The molecule has 176 valence electrons. The Bertz CT molecular complexity index is 1250. The number of allylic oxidation sites excluding steroid dienone is 5. The first-order valence-corrected chi connectivity index (χ1v) is 11.8. The second-order valence-electron chi connectivity index (χ2n) is 8.99. The van der Waals surface area contributed by atoms with E-state index in [1.54, 1.807) is 4.68 Å². The summed E-state index contributed by atoms with van der Waals surface area (Å²) in [5.74, 6) is -0.241. The van der Waals surface area contributed by atoms with Crippen molar-refractivity contribution < 1.29 is 9.90 Å². The number of nitrogens with zero attached hydrogens (tertiary/aromatic N) is 3. The average molecular weight is 457 g/mol. The third-order valence-electron chi connectivity index (χ3n) is 6.44. The summed E-state index contributed by atoms with van der Waals surface area (Å²) in [7, 11) is 1.90. The number of carbonyl (C=O) groups is 1. The van der Waals surface area contributed by atoms with Crippen molar-refractivity contribution >= 4 is 22.4 Å². The first-order valence-electron chi connectivity index (χ1n) is 11.8. The van der Waals surface area contributed by atoms with Crippen LogP contribution in [-0.4, -0.2) is 37.9 Å². The molecule has 4 rings (SSSR count). The predicted molar refractivity (Wildman–Crippen MR) is 136 cm³/mol. The van der Waals surface area contributed by atoms with Crippen molar-refractivity contribution in [1.29, 1.82) is 0 Å². The van der Waals surface area contributed by atoms with E-state index in [1.165, 1.54) is 0 Å². The maximum Gasteiger partial charge on any atom is 0.270 e. The molecule has 34 heavy (non-hydrogen) atoms. The molecule has 0 bridgehead atoms. The molecular weight excluding hydrogens is 424 g/mol. The Labute approximate surface area is 200 Å². The Morgan fingerprint density at radius 3 is 2.79 bits per heavy atom. The molecule has 3 aromatic rings. The molecule has 2 atom stereocenters. The van der Waals surface area contributed by atoms with E-state index >= 15 is 0 Å². The number of pyridine rings is 1. The molecule has 2 N–H and O–H groups in total. The van der Waals surface area contributed by atoms with Crippen LogP contribution in [0.1, 0.15) is 54.2 Å². The standard InChI is InChI=1S/C28H32N4O2/c1-4-20(14-13-19(2)22-17-29-32(3)18-22)15-21-16-26(30-24-10-6-5-9-23(21)24)28(34)31-25-11-7-8-12-27(25)33/h4-6,9-10,13-14,16-18,25,27,33H,1,7-8,11-12,15H2,2-3H3,(H,31,34)/b19-13+,20-14+/t25-,27-/m0/s1. The zero-order chi connectivity index (χ0) is 24.1. The largest absolute Gasteiger partial charge is 0.391 e. The molecule has 0 saturated heterocycles. The van der Waals surface area contributed by atoms with Crippen LogP contribution in [0.25, 0.3) is 16.5 Å². The number of nitrogens with one attached hydrogen (secondary N) is 1. The van der Waals surface area contributed by atoms with Crippen LogP contribution in [0.15, 0.2) is 73.1 Å². The number of fused-ring (bicyclic) bond motifs is 1. The summed E-state index contributed by atoms with van der Waals surface area (Å²) >= 11 is 0. The van der Waals surface area contributed by atoms with Gasteiger partial charge in [-0.2, -0.15) is 5.10 Å². The number of aliphatic hydroxyl groups excluding tert-OH is 1. The van der Waals surface area contributed by atoms with Gasteiger partial charge < -0.3 is 10.4 Å². The van der Waals surface area contributed by atoms with Gasteiger partial charge in [-0.3, -0.25) is 9.48 Å². The second kappa shape index (κ2) is 10.6. The van der Waals surface area contributed by atoms with Crippen molar-refractivity contribution in [1.82, 2.24) is 20.1 Å². The molecule has 2 aromatic heterocycles. The van der Waals surface area contributed by atoms with Crippen LogP contribution in [-0.2, 0) is 13.5 Å². The number of hydrogen-bond acceptors (Lipinski definition) is 4. The second-order valence-corrected chi connectivity index (χ2v) is 8.99. The molecule has 0 spiro atoms. The van der Waals surface area contributed by atoms with Crippen LogP contribution in [0, 0.1) is 0 Å². The van der Waals surface area contributed by atoms with Crippen molar-refractivity contribution in [2.24, 2.45) is 7.05 Å². The Kier molecular flexibility index (Phi) is 7.38. The Morgan fingerprint density at radius 2 is 2.06 bits per heavy atom. The van der Waals surface area contributed by atoms with Gasteiger partial charge in [0.2, 0.25) is 0 Å². The number of amides is 1. The average Bonchev–Trinajstić information content (AvgIpc) is 3.29. The molecule has 6 nitrogen and oxygen atoms in total. The van der Waals surface area contributed by atoms with Gasteiger partial charge in [0, 0.05) is 24.2 Å². The van der Waals surface area contributed by atoms with Gasteiger partial charge in [0.15, 0.2) is 0 Å². The molecular formula is C28H32N4O2. The third-order valence-corrected chi connectivity index (χ3v) is 6.44. The summed E-state index contributed by atoms with van der Waals surface area (Å²) in [5, 5.41) is 18.5. The number of para-hydroxylation sites is 1. The van der Waals surface area contributed by atoms with Gasteiger partial charge in [-0.05, 0) is 55.0 Å². The maximum atomic E-state index is 13.0. The number of aryl methyl sites for hydroxylation is 1. The molecule has 1 aliphatic rings. The van der Waals surface area contributed by atoms with Crippen LogP contribution < -0.4 is 5.32 Å². The molecule has 2 heterocycles. The minimum absolute atomic E-state index is 0.220. The SMILES string of the molecule is C=C/C(=C\C=C(/C)c1cnn(C)c1)Cc1cc(C(=O)N[C@H]2CCCC[C@@H]2O)nc2ccccc12.